The van der Waals surface area contributed by atoms with Gasteiger partial charge in [-0.3, -0.25) is 4.79 Å². The van der Waals surface area contributed by atoms with Gasteiger partial charge in [-0.1, -0.05) is 16.8 Å². The predicted molar refractivity (Wildman–Crippen MR) is 91.7 cm³/mol. The van der Waals surface area contributed by atoms with E-state index in [0.717, 1.165) is 13.1 Å². The fourth-order valence-electron chi connectivity index (χ4n) is 2.67. The van der Waals surface area contributed by atoms with Crippen LogP contribution in [-0.2, 0) is 0 Å². The monoisotopic (exact) mass is 373 g/mol. The number of carbonyl (C=O) groups is 1. The summed E-state index contributed by atoms with van der Waals surface area (Å²) in [6.45, 7) is 5.90. The molecule has 2 heterocycles. The smallest absolute Gasteiger partial charge is 0.276 e. The lowest BCUT2D eigenvalue weighted by Gasteiger charge is -2.33. The summed E-state index contributed by atoms with van der Waals surface area (Å²) in [6, 6.07) is 4.37. The van der Waals surface area contributed by atoms with Crippen LogP contribution in [0.1, 0.15) is 23.1 Å². The van der Waals surface area contributed by atoms with Gasteiger partial charge in [0.2, 0.25) is 0 Å². The van der Waals surface area contributed by atoms with Crippen molar-refractivity contribution >= 4 is 29.9 Å². The number of amides is 1. The molecule has 3 rings (SSSR count). The van der Waals surface area contributed by atoms with Gasteiger partial charge in [-0.05, 0) is 32.0 Å². The minimum Gasteiger partial charge on any atom is -0.332 e. The van der Waals surface area contributed by atoms with Crippen LogP contribution in [0.25, 0.3) is 5.69 Å². The van der Waals surface area contributed by atoms with E-state index in [1.807, 2.05) is 6.92 Å². The summed E-state index contributed by atoms with van der Waals surface area (Å²) in [6.07, 6.45) is 0. The number of carbonyl (C=O) groups excluding carboxylic acids is 1. The number of aromatic nitrogens is 3. The van der Waals surface area contributed by atoms with E-state index >= 15 is 0 Å². The van der Waals surface area contributed by atoms with E-state index in [0.29, 0.717) is 23.6 Å². The number of hydrogen-bond donors (Lipinski definition) is 1. The molecule has 0 saturated carbocycles. The first-order chi connectivity index (χ1) is 11.0. The van der Waals surface area contributed by atoms with E-state index in [4.69, 9.17) is 11.6 Å². The first-order valence-electron chi connectivity index (χ1n) is 7.38. The molecule has 1 saturated heterocycles. The van der Waals surface area contributed by atoms with Crippen molar-refractivity contribution in [2.75, 3.05) is 19.6 Å². The Kier molecular flexibility index (Phi) is 5.79. The second kappa shape index (κ2) is 7.46. The van der Waals surface area contributed by atoms with Gasteiger partial charge in [0.05, 0.1) is 16.4 Å². The van der Waals surface area contributed by atoms with Gasteiger partial charge in [0.15, 0.2) is 5.69 Å². The molecule has 24 heavy (non-hydrogen) atoms. The Bertz CT molecular complexity index is 751. The maximum absolute atomic E-state index is 13.3. The van der Waals surface area contributed by atoms with Crippen LogP contribution in [0.3, 0.4) is 0 Å². The summed E-state index contributed by atoms with van der Waals surface area (Å²) in [4.78, 5) is 14.5. The molecule has 1 aliphatic rings. The summed E-state index contributed by atoms with van der Waals surface area (Å²) in [5.41, 5.74) is 1.47. The molecule has 2 aromatic rings. The highest BCUT2D eigenvalue weighted by atomic mass is 35.5. The van der Waals surface area contributed by atoms with Crippen LogP contribution in [0.15, 0.2) is 18.2 Å². The quantitative estimate of drug-likeness (QED) is 0.876. The zero-order valence-electron chi connectivity index (χ0n) is 13.3. The lowest BCUT2D eigenvalue weighted by Crippen LogP contribution is -2.52. The van der Waals surface area contributed by atoms with Crippen molar-refractivity contribution in [3.05, 3.63) is 40.4 Å². The van der Waals surface area contributed by atoms with Crippen LogP contribution < -0.4 is 5.32 Å². The Morgan fingerprint density at radius 2 is 2.21 bits per heavy atom. The van der Waals surface area contributed by atoms with E-state index in [9.17, 15) is 9.18 Å². The minimum atomic E-state index is -0.501. The van der Waals surface area contributed by atoms with Crippen LogP contribution >= 0.6 is 24.0 Å². The second-order valence-electron chi connectivity index (χ2n) is 5.59. The number of nitrogens with one attached hydrogen (secondary N) is 1. The first kappa shape index (κ1) is 18.6. The average molecular weight is 374 g/mol. The fraction of sp³-hybridized carbons (Fsp3) is 0.400. The van der Waals surface area contributed by atoms with Crippen molar-refractivity contribution in [2.24, 2.45) is 0 Å². The molecule has 1 aromatic carbocycles. The molecule has 1 N–H and O–H groups in total. The molecular formula is C15H18Cl2FN5O. The highest BCUT2D eigenvalue weighted by Gasteiger charge is 2.28. The zero-order chi connectivity index (χ0) is 16.6. The maximum atomic E-state index is 13.3. The van der Waals surface area contributed by atoms with E-state index in [1.54, 1.807) is 17.9 Å². The SMILES string of the molecule is Cc1c(C(=O)N2CCNC[C@@H]2C)nnn1-c1ccc(F)c(Cl)c1.Cl. The van der Waals surface area contributed by atoms with Crippen LogP contribution in [0, 0.1) is 12.7 Å². The molecule has 1 aromatic heterocycles. The highest BCUT2D eigenvalue weighted by molar-refractivity contribution is 6.30. The lowest BCUT2D eigenvalue weighted by atomic mass is 10.2. The van der Waals surface area contributed by atoms with E-state index in [1.165, 1.54) is 16.8 Å². The van der Waals surface area contributed by atoms with Crippen molar-refractivity contribution in [1.82, 2.24) is 25.2 Å². The van der Waals surface area contributed by atoms with E-state index < -0.39 is 5.82 Å². The summed E-state index contributed by atoms with van der Waals surface area (Å²) in [5.74, 6) is -0.643. The largest absolute Gasteiger partial charge is 0.332 e. The third kappa shape index (κ3) is 3.38. The lowest BCUT2D eigenvalue weighted by molar-refractivity contribution is 0.0649. The molecule has 1 amide bonds. The number of rotatable bonds is 2. The van der Waals surface area contributed by atoms with Gasteiger partial charge in [0.25, 0.3) is 5.91 Å². The Labute approximate surface area is 150 Å². The molecule has 0 bridgehead atoms. The normalized spacial score (nSPS) is 17.5. The van der Waals surface area contributed by atoms with Crippen molar-refractivity contribution < 1.29 is 9.18 Å². The van der Waals surface area contributed by atoms with Crippen molar-refractivity contribution in [3.63, 3.8) is 0 Å². The number of hydrogen-bond acceptors (Lipinski definition) is 4. The third-order valence-electron chi connectivity index (χ3n) is 4.01. The molecular weight excluding hydrogens is 356 g/mol. The minimum absolute atomic E-state index is 0. The van der Waals surface area contributed by atoms with Gasteiger partial charge in [0, 0.05) is 25.7 Å². The maximum Gasteiger partial charge on any atom is 0.276 e. The Hall–Kier alpha value is -1.70. The standard InChI is InChI=1S/C15H17ClFN5O.ClH/c1-9-8-18-5-6-21(9)15(23)14-10(2)22(20-19-14)11-3-4-13(17)12(16)7-11;/h3-4,7,9,18H,5-6,8H2,1-2H3;1H/t9-;/m0./s1. The molecule has 1 fully saturated rings. The van der Waals surface area contributed by atoms with Gasteiger partial charge in [-0.25, -0.2) is 9.07 Å². The third-order valence-corrected chi connectivity index (χ3v) is 4.30. The summed E-state index contributed by atoms with van der Waals surface area (Å²) in [7, 11) is 0. The van der Waals surface area contributed by atoms with E-state index in [-0.39, 0.29) is 29.4 Å². The molecule has 6 nitrogen and oxygen atoms in total. The predicted octanol–water partition coefficient (Wildman–Crippen LogP) is 2.22. The van der Waals surface area contributed by atoms with Crippen molar-refractivity contribution in [3.8, 4) is 5.69 Å². The topological polar surface area (TPSA) is 63.1 Å². The highest BCUT2D eigenvalue weighted by Crippen LogP contribution is 2.21. The number of piperazine rings is 1. The average Bonchev–Trinajstić information content (AvgIpc) is 2.91. The van der Waals surface area contributed by atoms with Gasteiger partial charge in [-0.15, -0.1) is 17.5 Å². The first-order valence-corrected chi connectivity index (χ1v) is 7.76. The molecule has 1 aliphatic heterocycles. The van der Waals surface area contributed by atoms with Gasteiger partial charge in [0.1, 0.15) is 5.82 Å². The Morgan fingerprint density at radius 3 is 2.88 bits per heavy atom. The fourth-order valence-corrected chi connectivity index (χ4v) is 2.84. The second-order valence-corrected chi connectivity index (χ2v) is 5.99. The molecule has 0 unspecified atom stereocenters. The molecule has 1 atom stereocenters. The van der Waals surface area contributed by atoms with Gasteiger partial charge < -0.3 is 10.2 Å². The number of halogens is 3. The Morgan fingerprint density at radius 1 is 1.46 bits per heavy atom. The van der Waals surface area contributed by atoms with E-state index in [2.05, 4.69) is 15.6 Å². The number of nitrogens with zero attached hydrogens (tertiary/aromatic N) is 4. The molecule has 0 aliphatic carbocycles. The molecule has 9 heteroatoms. The van der Waals surface area contributed by atoms with Gasteiger partial charge >= 0.3 is 0 Å². The van der Waals surface area contributed by atoms with Crippen molar-refractivity contribution in [1.29, 1.82) is 0 Å². The van der Waals surface area contributed by atoms with Crippen LogP contribution in [0.2, 0.25) is 5.02 Å². The summed E-state index contributed by atoms with van der Waals surface area (Å²) >= 11 is 5.81. The summed E-state index contributed by atoms with van der Waals surface area (Å²) in [5, 5.41) is 11.3. The van der Waals surface area contributed by atoms with Crippen LogP contribution in [-0.4, -0.2) is 51.5 Å². The zero-order valence-corrected chi connectivity index (χ0v) is 14.9. The van der Waals surface area contributed by atoms with Crippen molar-refractivity contribution in [2.45, 2.75) is 19.9 Å². The molecule has 0 spiro atoms. The Balaban J connectivity index is 0.00000208. The number of benzene rings is 1. The van der Waals surface area contributed by atoms with Crippen LogP contribution in [0.5, 0.6) is 0 Å². The van der Waals surface area contributed by atoms with Gasteiger partial charge in [-0.2, -0.15) is 0 Å². The molecule has 0 radical (unpaired) electrons. The van der Waals surface area contributed by atoms with Crippen LogP contribution in [0.4, 0.5) is 4.39 Å². The summed E-state index contributed by atoms with van der Waals surface area (Å²) < 4.78 is 14.8. The molecule has 130 valence electrons.